The van der Waals surface area contributed by atoms with Crippen LogP contribution in [-0.2, 0) is 64.8 Å². The summed E-state index contributed by atoms with van der Waals surface area (Å²) in [6.45, 7) is 0. The highest BCUT2D eigenvalue weighted by Gasteiger charge is 2.23. The number of benzene rings is 2. The highest BCUT2D eigenvalue weighted by Crippen LogP contribution is 2.47. The first kappa shape index (κ1) is 28.3. The van der Waals surface area contributed by atoms with Gasteiger partial charge >= 0.3 is 0 Å². The number of rotatable bonds is 9. The highest BCUT2D eigenvalue weighted by atomic mass is 33.1. The van der Waals surface area contributed by atoms with E-state index in [4.69, 9.17) is 0 Å². The van der Waals surface area contributed by atoms with Crippen molar-refractivity contribution in [3.8, 4) is 0 Å². The van der Waals surface area contributed by atoms with Crippen LogP contribution < -0.4 is 0 Å². The summed E-state index contributed by atoms with van der Waals surface area (Å²) >= 11 is 0. The van der Waals surface area contributed by atoms with Crippen LogP contribution in [0.3, 0.4) is 0 Å². The first-order valence-corrected chi connectivity index (χ1v) is 20.1. The molecule has 0 N–H and O–H groups in total. The molecule has 0 saturated heterocycles. The molecular weight excluding hydrogens is 569 g/mol. The molecule has 0 aliphatic rings. The molecule has 178 valence electrons. The summed E-state index contributed by atoms with van der Waals surface area (Å²) in [6, 6.07) is 6.30. The molecule has 6 nitrogen and oxygen atoms in total. The summed E-state index contributed by atoms with van der Waals surface area (Å²) in [4.78, 5) is 3.42. The van der Waals surface area contributed by atoms with Gasteiger partial charge < -0.3 is 0 Å². The Balaban J connectivity index is 2.71. The lowest BCUT2D eigenvalue weighted by molar-refractivity contribution is 0.677. The van der Waals surface area contributed by atoms with Gasteiger partial charge in [-0.3, -0.25) is 25.3 Å². The zero-order valence-electron chi connectivity index (χ0n) is 18.0. The standard InChI is InChI=1S/C18H22O6S8/c1-27(19)11-7-13(29(3)21)17(14(8-11)30(4)22)25-26-18-15(31(5)23)9-12(28(2)20)10-16(18)32(6)24/h7-10H,1-6H3. The summed E-state index contributed by atoms with van der Waals surface area (Å²) in [5, 5.41) is 0. The fraction of sp³-hybridized carbons (Fsp3) is 0.333. The van der Waals surface area contributed by atoms with E-state index in [1.807, 2.05) is 0 Å². The van der Waals surface area contributed by atoms with Crippen LogP contribution in [0.1, 0.15) is 0 Å². The Morgan fingerprint density at radius 2 is 0.656 bits per heavy atom. The predicted octanol–water partition coefficient (Wildman–Crippen LogP) is 2.91. The Hall–Kier alpha value is 0.0400. The van der Waals surface area contributed by atoms with E-state index in [2.05, 4.69) is 0 Å². The van der Waals surface area contributed by atoms with Gasteiger partial charge in [0.25, 0.3) is 0 Å². The maximum Gasteiger partial charge on any atom is 0.0554 e. The molecule has 0 heterocycles. The lowest BCUT2D eigenvalue weighted by atomic mass is 10.3. The van der Waals surface area contributed by atoms with Crippen LogP contribution in [0, 0.1) is 0 Å². The molecule has 0 aliphatic carbocycles. The van der Waals surface area contributed by atoms with Crippen LogP contribution in [0.25, 0.3) is 0 Å². The molecule has 0 bridgehead atoms. The van der Waals surface area contributed by atoms with Gasteiger partial charge in [-0.2, -0.15) is 0 Å². The van der Waals surface area contributed by atoms with Gasteiger partial charge in [0, 0.05) is 68.9 Å². The van der Waals surface area contributed by atoms with E-state index in [0.717, 1.165) is 0 Å². The van der Waals surface area contributed by atoms with Crippen LogP contribution in [0.5, 0.6) is 0 Å². The SMILES string of the molecule is CS(=O)c1cc(S(C)=O)c(SSc2c(S(C)=O)cc(S(C)=O)cc2S(C)=O)c(S(C)=O)c1. The topological polar surface area (TPSA) is 102 Å². The smallest absolute Gasteiger partial charge is 0.0554 e. The molecule has 0 amide bonds. The first-order valence-electron chi connectivity index (χ1n) is 8.56. The van der Waals surface area contributed by atoms with E-state index < -0.39 is 64.8 Å². The van der Waals surface area contributed by atoms with E-state index in [1.165, 1.54) is 59.1 Å². The van der Waals surface area contributed by atoms with Crippen molar-refractivity contribution >= 4 is 86.4 Å². The van der Waals surface area contributed by atoms with Crippen molar-refractivity contribution in [1.29, 1.82) is 0 Å². The third-order valence-electron chi connectivity index (χ3n) is 4.10. The second-order valence-corrected chi connectivity index (χ2v) is 16.7. The summed E-state index contributed by atoms with van der Waals surface area (Å²) in [5.74, 6) is 0. The summed E-state index contributed by atoms with van der Waals surface area (Å²) in [7, 11) is -6.18. The van der Waals surface area contributed by atoms with Crippen molar-refractivity contribution in [1.82, 2.24) is 0 Å². The molecule has 32 heavy (non-hydrogen) atoms. The van der Waals surface area contributed by atoms with Crippen LogP contribution >= 0.6 is 21.6 Å². The van der Waals surface area contributed by atoms with Gasteiger partial charge in [-0.05, 0) is 45.9 Å². The number of hydrogen-bond donors (Lipinski definition) is 0. The molecule has 0 spiro atoms. The van der Waals surface area contributed by atoms with Gasteiger partial charge in [0.05, 0.1) is 72.6 Å². The molecule has 0 aliphatic heterocycles. The highest BCUT2D eigenvalue weighted by molar-refractivity contribution is 8.76. The van der Waals surface area contributed by atoms with Crippen molar-refractivity contribution in [2.45, 2.75) is 39.2 Å². The van der Waals surface area contributed by atoms with Gasteiger partial charge in [-0.1, -0.05) is 0 Å². The maximum absolute atomic E-state index is 12.5. The molecular formula is C18H22O6S8. The zero-order chi connectivity index (χ0) is 24.3. The summed E-state index contributed by atoms with van der Waals surface area (Å²) in [5.41, 5.74) is 0. The second-order valence-electron chi connectivity index (χ2n) is 6.39. The third kappa shape index (κ3) is 6.80. The Bertz CT molecular complexity index is 1040. The molecule has 6 unspecified atom stereocenters. The summed E-state index contributed by atoms with van der Waals surface area (Å²) < 4.78 is 73.9. The fourth-order valence-electron chi connectivity index (χ4n) is 2.54. The Morgan fingerprint density at radius 1 is 0.438 bits per heavy atom. The summed E-state index contributed by atoms with van der Waals surface area (Å²) in [6.07, 6.45) is 8.93. The minimum absolute atomic E-state index is 0.394. The largest absolute Gasteiger partial charge is 0.255 e. The van der Waals surface area contributed by atoms with Crippen molar-refractivity contribution in [3.05, 3.63) is 24.3 Å². The van der Waals surface area contributed by atoms with E-state index in [-0.39, 0.29) is 0 Å². The van der Waals surface area contributed by atoms with Gasteiger partial charge in [0.15, 0.2) is 0 Å². The Morgan fingerprint density at radius 3 is 0.812 bits per heavy atom. The van der Waals surface area contributed by atoms with Crippen molar-refractivity contribution < 1.29 is 25.3 Å². The lowest BCUT2D eigenvalue weighted by Crippen LogP contribution is -2.03. The molecule has 6 atom stereocenters. The normalized spacial score (nSPS) is 17.3. The minimum Gasteiger partial charge on any atom is -0.255 e. The fourth-order valence-corrected chi connectivity index (χ4v) is 11.6. The molecule has 0 fully saturated rings. The third-order valence-corrected chi connectivity index (χ3v) is 12.7. The average molecular weight is 591 g/mol. The first-order chi connectivity index (χ1) is 14.8. The molecule has 2 rings (SSSR count). The quantitative estimate of drug-likeness (QED) is 0.411. The maximum atomic E-state index is 12.5. The molecule has 0 radical (unpaired) electrons. The van der Waals surface area contributed by atoms with Gasteiger partial charge in [0.1, 0.15) is 0 Å². The Labute approximate surface area is 211 Å². The van der Waals surface area contributed by atoms with Crippen LogP contribution in [0.4, 0.5) is 0 Å². The predicted molar refractivity (Wildman–Crippen MR) is 139 cm³/mol. The molecule has 2 aromatic rings. The molecule has 14 heteroatoms. The van der Waals surface area contributed by atoms with E-state index in [0.29, 0.717) is 39.2 Å². The lowest BCUT2D eigenvalue weighted by Gasteiger charge is -2.16. The Kier molecular flexibility index (Phi) is 10.7. The average Bonchev–Trinajstić information content (AvgIpc) is 2.70. The van der Waals surface area contributed by atoms with E-state index >= 15 is 0 Å². The second kappa shape index (κ2) is 12.1. The minimum atomic E-state index is -1.45. The van der Waals surface area contributed by atoms with Crippen molar-refractivity contribution in [3.63, 3.8) is 0 Å². The van der Waals surface area contributed by atoms with Gasteiger partial charge in [-0.25, -0.2) is 0 Å². The van der Waals surface area contributed by atoms with Gasteiger partial charge in [-0.15, -0.1) is 0 Å². The van der Waals surface area contributed by atoms with E-state index in [9.17, 15) is 25.3 Å². The van der Waals surface area contributed by atoms with Crippen LogP contribution in [0.2, 0.25) is 0 Å². The van der Waals surface area contributed by atoms with Crippen molar-refractivity contribution in [2.24, 2.45) is 0 Å². The van der Waals surface area contributed by atoms with E-state index in [1.54, 1.807) is 24.3 Å². The van der Waals surface area contributed by atoms with Crippen molar-refractivity contribution in [2.75, 3.05) is 37.5 Å². The monoisotopic (exact) mass is 590 g/mol. The molecule has 0 saturated carbocycles. The van der Waals surface area contributed by atoms with Gasteiger partial charge in [0.2, 0.25) is 0 Å². The molecule has 2 aromatic carbocycles. The molecule has 0 aromatic heterocycles. The van der Waals surface area contributed by atoms with Crippen LogP contribution in [0.15, 0.2) is 63.4 Å². The van der Waals surface area contributed by atoms with Crippen LogP contribution in [-0.4, -0.2) is 62.8 Å². The number of hydrogen-bond acceptors (Lipinski definition) is 8. The zero-order valence-corrected chi connectivity index (χ0v) is 24.6.